The van der Waals surface area contributed by atoms with Crippen LogP contribution >= 0.6 is 11.3 Å². The third-order valence-electron chi connectivity index (χ3n) is 5.07. The van der Waals surface area contributed by atoms with Crippen molar-refractivity contribution in [3.05, 3.63) is 54.1 Å². The van der Waals surface area contributed by atoms with Gasteiger partial charge >= 0.3 is 0 Å². The van der Waals surface area contributed by atoms with E-state index in [9.17, 15) is 4.79 Å². The summed E-state index contributed by atoms with van der Waals surface area (Å²) in [4.78, 5) is 21.8. The van der Waals surface area contributed by atoms with Gasteiger partial charge < -0.3 is 15.0 Å². The fourth-order valence-electron chi connectivity index (χ4n) is 3.46. The van der Waals surface area contributed by atoms with Gasteiger partial charge in [-0.05, 0) is 43.3 Å². The smallest absolute Gasteiger partial charge is 0.251 e. The zero-order chi connectivity index (χ0) is 20.1. The Morgan fingerprint density at radius 1 is 1.10 bits per heavy atom. The minimum atomic E-state index is -0.0406. The molecule has 1 amide bonds. The first-order chi connectivity index (χ1) is 14.2. The molecule has 1 saturated heterocycles. The lowest BCUT2D eigenvalue weighted by atomic mass is 10.2. The van der Waals surface area contributed by atoms with Crippen molar-refractivity contribution in [1.82, 2.24) is 15.2 Å². The fourth-order valence-corrected chi connectivity index (χ4v) is 4.47. The SMILES string of the molecule is CCOc1ccc(C(=O)NCCN2CCN(c3nc4ccccc4s3)CC2)cc1. The molecule has 1 aromatic heterocycles. The number of carbonyl (C=O) groups is 1. The summed E-state index contributed by atoms with van der Waals surface area (Å²) in [6, 6.07) is 15.6. The van der Waals surface area contributed by atoms with E-state index in [0.717, 1.165) is 49.1 Å². The highest BCUT2D eigenvalue weighted by Gasteiger charge is 2.19. The maximum Gasteiger partial charge on any atom is 0.251 e. The molecule has 2 aromatic carbocycles. The van der Waals surface area contributed by atoms with Gasteiger partial charge in [-0.1, -0.05) is 23.5 Å². The molecule has 0 saturated carbocycles. The normalized spacial score (nSPS) is 14.9. The molecule has 29 heavy (non-hydrogen) atoms. The second-order valence-electron chi connectivity index (χ2n) is 7.01. The molecular weight excluding hydrogens is 384 g/mol. The molecule has 6 nitrogen and oxygen atoms in total. The molecule has 1 aliphatic rings. The first kappa shape index (κ1) is 19.7. The average molecular weight is 411 g/mol. The van der Waals surface area contributed by atoms with Crippen LogP contribution in [-0.2, 0) is 0 Å². The Labute approximate surface area is 175 Å². The van der Waals surface area contributed by atoms with Gasteiger partial charge in [0.2, 0.25) is 0 Å². The summed E-state index contributed by atoms with van der Waals surface area (Å²) in [7, 11) is 0. The number of anilines is 1. The van der Waals surface area contributed by atoms with Crippen LogP contribution in [0.5, 0.6) is 5.75 Å². The number of fused-ring (bicyclic) bond motifs is 1. The van der Waals surface area contributed by atoms with Crippen LogP contribution < -0.4 is 15.0 Å². The van der Waals surface area contributed by atoms with Gasteiger partial charge in [0.05, 0.1) is 16.8 Å². The summed E-state index contributed by atoms with van der Waals surface area (Å²) < 4.78 is 6.65. The highest BCUT2D eigenvalue weighted by molar-refractivity contribution is 7.22. The Bertz CT molecular complexity index is 916. The number of aromatic nitrogens is 1. The predicted octanol–water partition coefficient (Wildman–Crippen LogP) is 3.25. The van der Waals surface area contributed by atoms with E-state index in [1.54, 1.807) is 23.5 Å². The number of thiazole rings is 1. The summed E-state index contributed by atoms with van der Waals surface area (Å²) in [6.45, 7) is 7.96. The highest BCUT2D eigenvalue weighted by atomic mass is 32.1. The van der Waals surface area contributed by atoms with Crippen molar-refractivity contribution >= 4 is 32.6 Å². The van der Waals surface area contributed by atoms with E-state index in [1.807, 2.05) is 25.1 Å². The van der Waals surface area contributed by atoms with Crippen molar-refractivity contribution in [2.24, 2.45) is 0 Å². The van der Waals surface area contributed by atoms with E-state index in [2.05, 4.69) is 33.3 Å². The standard InChI is InChI=1S/C22H26N4O2S/c1-2-28-18-9-7-17(8-10-18)21(27)23-11-12-25-13-15-26(16-14-25)22-24-19-5-3-4-6-20(19)29-22/h3-10H,2,11-16H2,1H3,(H,23,27). The number of nitrogens with one attached hydrogen (secondary N) is 1. The van der Waals surface area contributed by atoms with Gasteiger partial charge in [0, 0.05) is 44.8 Å². The number of para-hydroxylation sites is 1. The Kier molecular flexibility index (Phi) is 6.27. The summed E-state index contributed by atoms with van der Waals surface area (Å²) >= 11 is 1.76. The van der Waals surface area contributed by atoms with Gasteiger partial charge in [-0.3, -0.25) is 9.69 Å². The fraction of sp³-hybridized carbons (Fsp3) is 0.364. The zero-order valence-electron chi connectivity index (χ0n) is 16.6. The molecule has 152 valence electrons. The van der Waals surface area contributed by atoms with Crippen LogP contribution in [0.4, 0.5) is 5.13 Å². The Morgan fingerprint density at radius 2 is 1.86 bits per heavy atom. The molecule has 0 spiro atoms. The lowest BCUT2D eigenvalue weighted by Crippen LogP contribution is -2.48. The molecule has 0 unspecified atom stereocenters. The number of ether oxygens (including phenoxy) is 1. The number of rotatable bonds is 7. The largest absolute Gasteiger partial charge is 0.494 e. The summed E-state index contributed by atoms with van der Waals surface area (Å²) in [6.07, 6.45) is 0. The van der Waals surface area contributed by atoms with E-state index < -0.39 is 0 Å². The van der Waals surface area contributed by atoms with Crippen LogP contribution in [0.25, 0.3) is 10.2 Å². The molecule has 0 aliphatic carbocycles. The van der Waals surface area contributed by atoms with Crippen LogP contribution in [0.2, 0.25) is 0 Å². The second kappa shape index (κ2) is 9.24. The molecule has 7 heteroatoms. The van der Waals surface area contributed by atoms with Gasteiger partial charge in [-0.2, -0.15) is 0 Å². The molecule has 1 aliphatic heterocycles. The Balaban J connectivity index is 1.21. The number of piperazine rings is 1. The van der Waals surface area contributed by atoms with Crippen LogP contribution in [0.15, 0.2) is 48.5 Å². The van der Waals surface area contributed by atoms with E-state index >= 15 is 0 Å². The van der Waals surface area contributed by atoms with Gasteiger partial charge in [0.25, 0.3) is 5.91 Å². The van der Waals surface area contributed by atoms with Crippen LogP contribution in [-0.4, -0.2) is 61.7 Å². The van der Waals surface area contributed by atoms with Crippen LogP contribution in [0, 0.1) is 0 Å². The molecule has 0 atom stereocenters. The first-order valence-corrected chi connectivity index (χ1v) is 10.9. The van der Waals surface area contributed by atoms with Gasteiger partial charge in [0.1, 0.15) is 5.75 Å². The van der Waals surface area contributed by atoms with Gasteiger partial charge in [-0.25, -0.2) is 4.98 Å². The van der Waals surface area contributed by atoms with Crippen LogP contribution in [0.3, 0.4) is 0 Å². The number of amides is 1. The Hall–Kier alpha value is -2.64. The van der Waals surface area contributed by atoms with E-state index in [-0.39, 0.29) is 5.91 Å². The van der Waals surface area contributed by atoms with Crippen molar-refractivity contribution in [3.63, 3.8) is 0 Å². The van der Waals surface area contributed by atoms with E-state index in [0.29, 0.717) is 18.7 Å². The zero-order valence-corrected chi connectivity index (χ0v) is 17.5. The number of hydrogen-bond donors (Lipinski definition) is 1. The topological polar surface area (TPSA) is 57.7 Å². The number of carbonyl (C=O) groups excluding carboxylic acids is 1. The molecule has 1 fully saturated rings. The van der Waals surface area contributed by atoms with E-state index in [1.165, 1.54) is 4.70 Å². The van der Waals surface area contributed by atoms with Crippen molar-refractivity contribution in [1.29, 1.82) is 0 Å². The lowest BCUT2D eigenvalue weighted by Gasteiger charge is -2.34. The molecular formula is C22H26N4O2S. The summed E-state index contributed by atoms with van der Waals surface area (Å²) in [5, 5.41) is 4.12. The number of nitrogens with zero attached hydrogens (tertiary/aromatic N) is 3. The second-order valence-corrected chi connectivity index (χ2v) is 8.02. The third-order valence-corrected chi connectivity index (χ3v) is 6.16. The monoisotopic (exact) mass is 410 g/mol. The van der Waals surface area contributed by atoms with Gasteiger partial charge in [0.15, 0.2) is 5.13 Å². The molecule has 0 radical (unpaired) electrons. The minimum Gasteiger partial charge on any atom is -0.494 e. The molecule has 3 aromatic rings. The minimum absolute atomic E-state index is 0.0406. The first-order valence-electron chi connectivity index (χ1n) is 10.1. The molecule has 0 bridgehead atoms. The third kappa shape index (κ3) is 4.86. The number of benzene rings is 2. The van der Waals surface area contributed by atoms with Crippen molar-refractivity contribution in [2.75, 3.05) is 50.8 Å². The quantitative estimate of drug-likeness (QED) is 0.648. The number of hydrogen-bond acceptors (Lipinski definition) is 6. The molecule has 4 rings (SSSR count). The Morgan fingerprint density at radius 3 is 2.59 bits per heavy atom. The van der Waals surface area contributed by atoms with Gasteiger partial charge in [-0.15, -0.1) is 0 Å². The van der Waals surface area contributed by atoms with Crippen LogP contribution in [0.1, 0.15) is 17.3 Å². The van der Waals surface area contributed by atoms with Crippen molar-refractivity contribution in [2.45, 2.75) is 6.92 Å². The van der Waals surface area contributed by atoms with Crippen molar-refractivity contribution in [3.8, 4) is 5.75 Å². The summed E-state index contributed by atoms with van der Waals surface area (Å²) in [5.74, 6) is 0.746. The molecule has 2 heterocycles. The average Bonchev–Trinajstić information content (AvgIpc) is 3.19. The maximum atomic E-state index is 12.3. The van der Waals surface area contributed by atoms with Crippen molar-refractivity contribution < 1.29 is 9.53 Å². The summed E-state index contributed by atoms with van der Waals surface area (Å²) in [5.41, 5.74) is 1.74. The predicted molar refractivity (Wildman–Crippen MR) is 118 cm³/mol. The lowest BCUT2D eigenvalue weighted by molar-refractivity contribution is 0.0947. The van der Waals surface area contributed by atoms with E-state index in [4.69, 9.17) is 9.72 Å². The highest BCUT2D eigenvalue weighted by Crippen LogP contribution is 2.29. The maximum absolute atomic E-state index is 12.3. The molecule has 1 N–H and O–H groups in total.